The largest absolute Gasteiger partial charge is 0.497 e. The van der Waals surface area contributed by atoms with Crippen LogP contribution < -0.4 is 10.1 Å². The predicted molar refractivity (Wildman–Crippen MR) is 142 cm³/mol. The van der Waals surface area contributed by atoms with E-state index in [0.29, 0.717) is 35.1 Å². The molecule has 2 heterocycles. The highest BCUT2D eigenvalue weighted by Crippen LogP contribution is 2.26. The number of anilines is 1. The molecule has 10 nitrogen and oxygen atoms in total. The van der Waals surface area contributed by atoms with Crippen molar-refractivity contribution in [3.63, 3.8) is 0 Å². The molecule has 1 aliphatic rings. The molecule has 1 aromatic heterocycles. The van der Waals surface area contributed by atoms with E-state index in [1.54, 1.807) is 55.0 Å². The lowest BCUT2D eigenvalue weighted by molar-refractivity contribution is 0.0505. The summed E-state index contributed by atoms with van der Waals surface area (Å²) in [5.74, 6) is 0.00456. The van der Waals surface area contributed by atoms with Gasteiger partial charge in [0.25, 0.3) is 5.91 Å². The molecule has 3 aromatic rings. The van der Waals surface area contributed by atoms with E-state index in [4.69, 9.17) is 9.47 Å². The fourth-order valence-electron chi connectivity index (χ4n) is 4.39. The van der Waals surface area contributed by atoms with Crippen LogP contribution in [0.3, 0.4) is 0 Å². The standard InChI is InChI=1S/C28H31N5O5/c1-5-38-27(35)23-24(20-9-7-6-8-10-20)29-19(3)30-25(23)26(34)32-15-16-33(18(2)17-32)28(36)31-21-11-13-22(37-4)14-12-21/h6-14,18H,5,15-17H2,1-4H3,(H,31,36). The molecule has 1 N–H and O–H groups in total. The van der Waals surface area contributed by atoms with Gasteiger partial charge in [-0.3, -0.25) is 4.79 Å². The third-order valence-electron chi connectivity index (χ3n) is 6.27. The number of amides is 3. The summed E-state index contributed by atoms with van der Waals surface area (Å²) in [5, 5.41) is 2.89. The van der Waals surface area contributed by atoms with Crippen LogP contribution in [-0.4, -0.2) is 77.1 Å². The van der Waals surface area contributed by atoms with Crippen molar-refractivity contribution in [2.24, 2.45) is 0 Å². The van der Waals surface area contributed by atoms with Crippen LogP contribution in [0.5, 0.6) is 5.75 Å². The number of nitrogens with one attached hydrogen (secondary N) is 1. The number of hydrogen-bond donors (Lipinski definition) is 1. The topological polar surface area (TPSA) is 114 Å². The first-order chi connectivity index (χ1) is 18.3. The smallest absolute Gasteiger partial charge is 0.342 e. The zero-order chi connectivity index (χ0) is 27.2. The fourth-order valence-corrected chi connectivity index (χ4v) is 4.39. The minimum absolute atomic E-state index is 0.00172. The van der Waals surface area contributed by atoms with Gasteiger partial charge in [0.2, 0.25) is 0 Å². The van der Waals surface area contributed by atoms with E-state index < -0.39 is 11.9 Å². The first-order valence-electron chi connectivity index (χ1n) is 12.4. The molecule has 10 heteroatoms. The molecule has 0 aliphatic carbocycles. The Morgan fingerprint density at radius 1 is 1.03 bits per heavy atom. The molecule has 2 aromatic carbocycles. The Morgan fingerprint density at radius 3 is 2.37 bits per heavy atom. The monoisotopic (exact) mass is 517 g/mol. The lowest BCUT2D eigenvalue weighted by Gasteiger charge is -2.39. The Balaban J connectivity index is 1.56. The number of urea groups is 1. The molecule has 38 heavy (non-hydrogen) atoms. The highest BCUT2D eigenvalue weighted by Gasteiger charge is 2.34. The second-order valence-corrected chi connectivity index (χ2v) is 8.88. The molecule has 0 spiro atoms. The summed E-state index contributed by atoms with van der Waals surface area (Å²) in [7, 11) is 1.58. The van der Waals surface area contributed by atoms with Crippen molar-refractivity contribution >= 4 is 23.6 Å². The molecule has 3 amide bonds. The Kier molecular flexibility index (Phi) is 8.20. The fraction of sp³-hybridized carbons (Fsp3) is 0.321. The molecule has 1 unspecified atom stereocenters. The maximum absolute atomic E-state index is 13.7. The van der Waals surface area contributed by atoms with Crippen LogP contribution in [0, 0.1) is 6.92 Å². The maximum Gasteiger partial charge on any atom is 0.342 e. The Bertz CT molecular complexity index is 1310. The van der Waals surface area contributed by atoms with Crippen molar-refractivity contribution in [1.29, 1.82) is 0 Å². The van der Waals surface area contributed by atoms with Crippen LogP contribution in [0.4, 0.5) is 10.5 Å². The van der Waals surface area contributed by atoms with Gasteiger partial charge in [0, 0.05) is 36.9 Å². The van der Waals surface area contributed by atoms with E-state index in [9.17, 15) is 14.4 Å². The number of carbonyl (C=O) groups excluding carboxylic acids is 3. The van der Waals surface area contributed by atoms with E-state index in [1.807, 2.05) is 37.3 Å². The Morgan fingerprint density at radius 2 is 1.74 bits per heavy atom. The molecule has 1 fully saturated rings. The summed E-state index contributed by atoms with van der Waals surface area (Å²) in [4.78, 5) is 51.9. The van der Waals surface area contributed by atoms with Crippen molar-refractivity contribution in [3.05, 3.63) is 71.7 Å². The minimum atomic E-state index is -0.653. The van der Waals surface area contributed by atoms with Gasteiger partial charge in [-0.1, -0.05) is 30.3 Å². The molecule has 198 valence electrons. The minimum Gasteiger partial charge on any atom is -0.497 e. The van der Waals surface area contributed by atoms with Gasteiger partial charge in [-0.15, -0.1) is 0 Å². The average molecular weight is 518 g/mol. The third-order valence-corrected chi connectivity index (χ3v) is 6.27. The molecule has 0 radical (unpaired) electrons. The second-order valence-electron chi connectivity index (χ2n) is 8.88. The van der Waals surface area contributed by atoms with Crippen LogP contribution in [0.15, 0.2) is 54.6 Å². The highest BCUT2D eigenvalue weighted by molar-refractivity contribution is 6.07. The molecular formula is C28H31N5O5. The lowest BCUT2D eigenvalue weighted by atomic mass is 10.0. The van der Waals surface area contributed by atoms with E-state index in [2.05, 4.69) is 15.3 Å². The molecule has 0 saturated carbocycles. The van der Waals surface area contributed by atoms with Crippen molar-refractivity contribution in [2.45, 2.75) is 26.8 Å². The number of ether oxygens (including phenoxy) is 2. The summed E-state index contributed by atoms with van der Waals surface area (Å²) < 4.78 is 10.4. The number of aryl methyl sites for hydroxylation is 1. The van der Waals surface area contributed by atoms with Gasteiger partial charge >= 0.3 is 12.0 Å². The zero-order valence-corrected chi connectivity index (χ0v) is 21.9. The normalized spacial score (nSPS) is 15.1. The van der Waals surface area contributed by atoms with Crippen molar-refractivity contribution in [1.82, 2.24) is 19.8 Å². The number of esters is 1. The number of methoxy groups -OCH3 is 1. The Hall–Kier alpha value is -4.47. The first-order valence-corrected chi connectivity index (χ1v) is 12.4. The highest BCUT2D eigenvalue weighted by atomic mass is 16.5. The molecule has 1 atom stereocenters. The average Bonchev–Trinajstić information content (AvgIpc) is 2.93. The van der Waals surface area contributed by atoms with Crippen LogP contribution >= 0.6 is 0 Å². The number of hydrogen-bond acceptors (Lipinski definition) is 7. The van der Waals surface area contributed by atoms with Gasteiger partial charge in [0.05, 0.1) is 19.4 Å². The quantitative estimate of drug-likeness (QED) is 0.491. The number of carbonyl (C=O) groups is 3. The van der Waals surface area contributed by atoms with Crippen molar-refractivity contribution < 1.29 is 23.9 Å². The van der Waals surface area contributed by atoms with Gasteiger partial charge in [0.15, 0.2) is 0 Å². The number of piperazine rings is 1. The Labute approximate surface area is 221 Å². The molecule has 0 bridgehead atoms. The molecule has 1 saturated heterocycles. The van der Waals surface area contributed by atoms with Crippen LogP contribution in [0.25, 0.3) is 11.3 Å². The summed E-state index contributed by atoms with van der Waals surface area (Å²) in [6, 6.07) is 15.7. The summed E-state index contributed by atoms with van der Waals surface area (Å²) >= 11 is 0. The number of aromatic nitrogens is 2. The third kappa shape index (κ3) is 5.74. The van der Waals surface area contributed by atoms with Crippen LogP contribution in [0.1, 0.15) is 40.5 Å². The number of nitrogens with zero attached hydrogens (tertiary/aromatic N) is 4. The van der Waals surface area contributed by atoms with Gasteiger partial charge in [0.1, 0.15) is 22.8 Å². The van der Waals surface area contributed by atoms with Crippen molar-refractivity contribution in [2.75, 3.05) is 38.7 Å². The number of rotatable bonds is 6. The molecular weight excluding hydrogens is 486 g/mol. The molecule has 4 rings (SSSR count). The summed E-state index contributed by atoms with van der Waals surface area (Å²) in [6.45, 7) is 6.29. The predicted octanol–water partition coefficient (Wildman–Crippen LogP) is 4.02. The van der Waals surface area contributed by atoms with Gasteiger partial charge in [-0.2, -0.15) is 0 Å². The van der Waals surface area contributed by atoms with Crippen molar-refractivity contribution in [3.8, 4) is 17.0 Å². The van der Waals surface area contributed by atoms with Gasteiger partial charge < -0.3 is 24.6 Å². The van der Waals surface area contributed by atoms with E-state index in [1.165, 1.54) is 0 Å². The van der Waals surface area contributed by atoms with E-state index in [0.717, 1.165) is 0 Å². The zero-order valence-electron chi connectivity index (χ0n) is 21.9. The number of benzene rings is 2. The van der Waals surface area contributed by atoms with E-state index >= 15 is 0 Å². The van der Waals surface area contributed by atoms with E-state index in [-0.39, 0.29) is 43.0 Å². The van der Waals surface area contributed by atoms with Crippen LogP contribution in [-0.2, 0) is 4.74 Å². The summed E-state index contributed by atoms with van der Waals surface area (Å²) in [5.41, 5.74) is 1.72. The van der Waals surface area contributed by atoms with Gasteiger partial charge in [-0.05, 0) is 45.0 Å². The molecule has 1 aliphatic heterocycles. The SMILES string of the molecule is CCOC(=O)c1c(C(=O)N2CCN(C(=O)Nc3ccc(OC)cc3)C(C)C2)nc(C)nc1-c1ccccc1. The second kappa shape index (κ2) is 11.7. The van der Waals surface area contributed by atoms with Crippen LogP contribution in [0.2, 0.25) is 0 Å². The lowest BCUT2D eigenvalue weighted by Crippen LogP contribution is -2.56. The summed E-state index contributed by atoms with van der Waals surface area (Å²) in [6.07, 6.45) is 0. The maximum atomic E-state index is 13.7. The van der Waals surface area contributed by atoms with Gasteiger partial charge in [-0.25, -0.2) is 19.6 Å². The first kappa shape index (κ1) is 26.6.